The number of aromatic nitrogens is 2. The molecule has 0 saturated heterocycles. The summed E-state index contributed by atoms with van der Waals surface area (Å²) in [5.74, 6) is 0.357. The van der Waals surface area contributed by atoms with Gasteiger partial charge in [-0.3, -0.25) is 9.79 Å². The van der Waals surface area contributed by atoms with Gasteiger partial charge in [0.1, 0.15) is 12.1 Å². The number of H-pyrrole nitrogens is 1. The minimum atomic E-state index is -0.521. The van der Waals surface area contributed by atoms with E-state index in [4.69, 9.17) is 0 Å². The van der Waals surface area contributed by atoms with Gasteiger partial charge in [-0.1, -0.05) is 6.58 Å². The first-order valence-corrected chi connectivity index (χ1v) is 6.70. The first-order valence-electron chi connectivity index (χ1n) is 6.70. The van der Waals surface area contributed by atoms with Crippen LogP contribution >= 0.6 is 0 Å². The van der Waals surface area contributed by atoms with E-state index in [-0.39, 0.29) is 5.91 Å². The number of carbonyl (C=O) groups excluding carboxylic acids is 2. The number of benzene rings is 1. The van der Waals surface area contributed by atoms with Crippen molar-refractivity contribution in [3.05, 3.63) is 48.4 Å². The molecule has 2 aromatic rings. The van der Waals surface area contributed by atoms with Crippen molar-refractivity contribution in [2.45, 2.75) is 13.0 Å². The highest BCUT2D eigenvalue weighted by Gasteiger charge is 2.10. The topological polar surface area (TPSA) is 87.2 Å². The van der Waals surface area contributed by atoms with Crippen molar-refractivity contribution in [3.8, 4) is 0 Å². The lowest BCUT2D eigenvalue weighted by atomic mass is 10.2. The number of aromatic amines is 1. The highest BCUT2D eigenvalue weighted by atomic mass is 16.2. The number of aldehydes is 1. The van der Waals surface area contributed by atoms with Crippen LogP contribution in [-0.2, 0) is 4.79 Å². The van der Waals surface area contributed by atoms with Gasteiger partial charge in [-0.25, -0.2) is 4.98 Å². The quantitative estimate of drug-likeness (QED) is 0.632. The number of carbonyl (C=O) groups is 2. The van der Waals surface area contributed by atoms with Crippen molar-refractivity contribution < 1.29 is 9.59 Å². The van der Waals surface area contributed by atoms with E-state index >= 15 is 0 Å². The monoisotopic (exact) mass is 296 g/mol. The number of nitrogens with zero attached hydrogens (tertiary/aromatic N) is 2. The Bertz CT molecular complexity index is 759. The second-order valence-corrected chi connectivity index (χ2v) is 4.59. The van der Waals surface area contributed by atoms with Crippen molar-refractivity contribution in [2.75, 3.05) is 0 Å². The van der Waals surface area contributed by atoms with Crippen molar-refractivity contribution in [2.24, 2.45) is 4.99 Å². The highest BCUT2D eigenvalue weighted by Crippen LogP contribution is 2.14. The molecule has 22 heavy (non-hydrogen) atoms. The van der Waals surface area contributed by atoms with Crippen LogP contribution in [-0.4, -0.2) is 34.4 Å². The molecule has 6 heteroatoms. The normalized spacial score (nSPS) is 12.8. The number of allylic oxidation sites excluding steroid dienone is 1. The SMILES string of the molecule is C=CN=C/C=C/c1nc2ccc(C(=O)NC(C)C=O)cc2[nH]1. The summed E-state index contributed by atoms with van der Waals surface area (Å²) in [7, 11) is 0. The zero-order valence-corrected chi connectivity index (χ0v) is 12.1. The molecule has 0 fully saturated rings. The fraction of sp³-hybridized carbons (Fsp3) is 0.125. The summed E-state index contributed by atoms with van der Waals surface area (Å²) < 4.78 is 0. The molecule has 1 heterocycles. The van der Waals surface area contributed by atoms with Gasteiger partial charge in [0, 0.05) is 18.0 Å². The number of imidazole rings is 1. The van der Waals surface area contributed by atoms with Gasteiger partial charge in [-0.05, 0) is 37.3 Å². The van der Waals surface area contributed by atoms with Crippen molar-refractivity contribution in [1.29, 1.82) is 0 Å². The van der Waals surface area contributed by atoms with Gasteiger partial charge in [0.05, 0.1) is 17.1 Å². The van der Waals surface area contributed by atoms with E-state index in [9.17, 15) is 9.59 Å². The smallest absolute Gasteiger partial charge is 0.251 e. The van der Waals surface area contributed by atoms with Crippen molar-refractivity contribution in [1.82, 2.24) is 15.3 Å². The Morgan fingerprint density at radius 1 is 1.50 bits per heavy atom. The predicted octanol–water partition coefficient (Wildman–Crippen LogP) is 2.11. The van der Waals surface area contributed by atoms with E-state index in [2.05, 4.69) is 26.9 Å². The Morgan fingerprint density at radius 3 is 3.05 bits per heavy atom. The van der Waals surface area contributed by atoms with Gasteiger partial charge >= 0.3 is 0 Å². The molecule has 1 atom stereocenters. The molecule has 0 bridgehead atoms. The number of fused-ring (bicyclic) bond motifs is 1. The number of hydrogen-bond acceptors (Lipinski definition) is 4. The maximum Gasteiger partial charge on any atom is 0.251 e. The maximum atomic E-state index is 12.0. The molecule has 0 aliphatic heterocycles. The molecule has 6 nitrogen and oxygen atoms in total. The lowest BCUT2D eigenvalue weighted by Gasteiger charge is -2.06. The molecular formula is C16H16N4O2. The van der Waals surface area contributed by atoms with Gasteiger partial charge in [-0.15, -0.1) is 0 Å². The number of nitrogens with one attached hydrogen (secondary N) is 2. The lowest BCUT2D eigenvalue weighted by Crippen LogP contribution is -2.33. The number of hydrogen-bond donors (Lipinski definition) is 2. The van der Waals surface area contributed by atoms with E-state index in [1.54, 1.807) is 43.5 Å². The van der Waals surface area contributed by atoms with Crippen LogP contribution in [0.15, 0.2) is 42.0 Å². The van der Waals surface area contributed by atoms with Crippen LogP contribution in [0.3, 0.4) is 0 Å². The zero-order chi connectivity index (χ0) is 15.9. The molecule has 0 saturated carbocycles. The third-order valence-electron chi connectivity index (χ3n) is 2.86. The van der Waals surface area contributed by atoms with E-state index in [1.807, 2.05) is 0 Å². The standard InChI is InChI=1S/C16H16N4O2/c1-3-17-8-4-5-15-19-13-7-6-12(9-14(13)20-15)16(22)18-11(2)10-21/h3-11H,1H2,2H3,(H,18,22)(H,19,20)/b5-4+,17-8?. The number of rotatable bonds is 6. The molecule has 1 aromatic carbocycles. The third kappa shape index (κ3) is 3.76. The summed E-state index contributed by atoms with van der Waals surface area (Å²) in [6, 6.07) is 4.60. The molecule has 2 N–H and O–H groups in total. The predicted molar refractivity (Wildman–Crippen MR) is 86.8 cm³/mol. The van der Waals surface area contributed by atoms with Gasteiger partial charge in [-0.2, -0.15) is 0 Å². The summed E-state index contributed by atoms with van der Waals surface area (Å²) in [5, 5.41) is 2.58. The molecular weight excluding hydrogens is 280 g/mol. The highest BCUT2D eigenvalue weighted by molar-refractivity contribution is 5.98. The summed E-state index contributed by atoms with van der Waals surface area (Å²) >= 11 is 0. The van der Waals surface area contributed by atoms with Crippen LogP contribution in [0.25, 0.3) is 17.1 Å². The number of amides is 1. The molecule has 2 rings (SSSR count). The molecule has 0 spiro atoms. The van der Waals surface area contributed by atoms with Crippen LogP contribution in [0.5, 0.6) is 0 Å². The second kappa shape index (κ2) is 7.12. The van der Waals surface area contributed by atoms with Crippen molar-refractivity contribution >= 4 is 35.5 Å². The average molecular weight is 296 g/mol. The molecule has 1 amide bonds. The molecule has 1 unspecified atom stereocenters. The van der Waals surface area contributed by atoms with Crippen LogP contribution in [0.4, 0.5) is 0 Å². The summed E-state index contributed by atoms with van der Waals surface area (Å²) in [6.45, 7) is 5.10. The fourth-order valence-electron chi connectivity index (χ4n) is 1.82. The van der Waals surface area contributed by atoms with Gasteiger partial charge in [0.25, 0.3) is 5.91 Å². The summed E-state index contributed by atoms with van der Waals surface area (Å²) in [4.78, 5) is 33.9. The third-order valence-corrected chi connectivity index (χ3v) is 2.86. The van der Waals surface area contributed by atoms with Gasteiger partial charge in [0.2, 0.25) is 0 Å². The average Bonchev–Trinajstić information content (AvgIpc) is 2.93. The zero-order valence-electron chi connectivity index (χ0n) is 12.1. The van der Waals surface area contributed by atoms with Crippen LogP contribution in [0.1, 0.15) is 23.1 Å². The Kier molecular flexibility index (Phi) is 4.98. The Morgan fingerprint density at radius 2 is 2.32 bits per heavy atom. The fourth-order valence-corrected chi connectivity index (χ4v) is 1.82. The van der Waals surface area contributed by atoms with Gasteiger partial charge < -0.3 is 15.1 Å². The van der Waals surface area contributed by atoms with E-state index in [1.165, 1.54) is 6.20 Å². The van der Waals surface area contributed by atoms with E-state index in [0.717, 1.165) is 11.0 Å². The maximum absolute atomic E-state index is 12.0. The Hall–Kier alpha value is -3.02. The number of aliphatic imine (C=N–C) groups is 1. The lowest BCUT2D eigenvalue weighted by molar-refractivity contribution is -0.109. The Balaban J connectivity index is 2.21. The first-order chi connectivity index (χ1) is 10.6. The largest absolute Gasteiger partial charge is 0.343 e. The molecule has 0 aliphatic rings. The van der Waals surface area contributed by atoms with Crippen LogP contribution in [0.2, 0.25) is 0 Å². The second-order valence-electron chi connectivity index (χ2n) is 4.59. The molecule has 1 aromatic heterocycles. The molecule has 112 valence electrons. The van der Waals surface area contributed by atoms with Crippen LogP contribution in [0, 0.1) is 0 Å². The minimum Gasteiger partial charge on any atom is -0.343 e. The van der Waals surface area contributed by atoms with E-state index < -0.39 is 6.04 Å². The summed E-state index contributed by atoms with van der Waals surface area (Å²) in [6.07, 6.45) is 7.22. The van der Waals surface area contributed by atoms with E-state index in [0.29, 0.717) is 17.7 Å². The summed E-state index contributed by atoms with van der Waals surface area (Å²) in [5.41, 5.74) is 1.96. The van der Waals surface area contributed by atoms with Gasteiger partial charge in [0.15, 0.2) is 0 Å². The molecule has 0 radical (unpaired) electrons. The first kappa shape index (κ1) is 15.4. The van der Waals surface area contributed by atoms with Crippen LogP contribution < -0.4 is 5.32 Å². The molecule has 0 aliphatic carbocycles. The minimum absolute atomic E-state index is 0.300. The van der Waals surface area contributed by atoms with Crippen molar-refractivity contribution in [3.63, 3.8) is 0 Å². The Labute approximate surface area is 127 Å².